The molecule has 1 aromatic rings. The van der Waals surface area contributed by atoms with Crippen molar-refractivity contribution in [3.63, 3.8) is 0 Å². The van der Waals surface area contributed by atoms with Crippen molar-refractivity contribution >= 4 is 28.6 Å². The van der Waals surface area contributed by atoms with E-state index < -0.39 is 0 Å². The lowest BCUT2D eigenvalue weighted by Gasteiger charge is -2.18. The molecule has 0 fully saturated rings. The van der Waals surface area contributed by atoms with Crippen molar-refractivity contribution in [2.24, 2.45) is 0 Å². The van der Waals surface area contributed by atoms with Gasteiger partial charge >= 0.3 is 5.97 Å². The van der Waals surface area contributed by atoms with Crippen LogP contribution >= 0.6 is 22.6 Å². The molecule has 0 amide bonds. The van der Waals surface area contributed by atoms with Crippen LogP contribution in [0.2, 0.25) is 0 Å². The molecular weight excluding hydrogens is 329 g/mol. The number of hydrogen-bond donors (Lipinski definition) is 0. The predicted octanol–water partition coefficient (Wildman–Crippen LogP) is 2.80. The van der Waals surface area contributed by atoms with Gasteiger partial charge in [0.15, 0.2) is 0 Å². The van der Waals surface area contributed by atoms with Gasteiger partial charge in [-0.05, 0) is 41.1 Å². The Balaban J connectivity index is 2.67. The Hall–Kier alpha value is -1.04. The fourth-order valence-corrected chi connectivity index (χ4v) is 1.91. The molecule has 0 radical (unpaired) electrons. The summed E-state index contributed by atoms with van der Waals surface area (Å²) in [6.07, 6.45) is 3.22. The third-order valence-electron chi connectivity index (χ3n) is 2.36. The fraction of sp³-hybridized carbons (Fsp3) is 0.308. The molecule has 0 aromatic heterocycles. The molecular formula is C13H16INO2. The minimum Gasteiger partial charge on any atom is -0.466 e. The zero-order valence-electron chi connectivity index (χ0n) is 10.0. The standard InChI is InChI=1S/C13H16INO2/c1-3-15(9-8-13(16)17-2)10-11-6-4-5-7-12(11)14/h4-9H,3,10H2,1-2H3/b9-8+. The van der Waals surface area contributed by atoms with Crippen LogP contribution in [0.5, 0.6) is 0 Å². The molecule has 4 heteroatoms. The van der Waals surface area contributed by atoms with Crippen molar-refractivity contribution < 1.29 is 9.53 Å². The van der Waals surface area contributed by atoms with Gasteiger partial charge in [0, 0.05) is 28.9 Å². The Morgan fingerprint density at radius 3 is 2.76 bits per heavy atom. The number of esters is 1. The van der Waals surface area contributed by atoms with E-state index in [4.69, 9.17) is 0 Å². The molecule has 0 spiro atoms. The molecule has 92 valence electrons. The first-order valence-corrected chi connectivity index (χ1v) is 6.48. The third-order valence-corrected chi connectivity index (χ3v) is 3.41. The van der Waals surface area contributed by atoms with Gasteiger partial charge in [0.1, 0.15) is 0 Å². The van der Waals surface area contributed by atoms with Crippen LogP contribution in [-0.4, -0.2) is 24.5 Å². The smallest absolute Gasteiger partial charge is 0.331 e. The number of methoxy groups -OCH3 is 1. The highest BCUT2D eigenvalue weighted by Gasteiger charge is 2.03. The average molecular weight is 345 g/mol. The average Bonchev–Trinajstić information content (AvgIpc) is 2.36. The maximum atomic E-state index is 11.0. The second-order valence-corrected chi connectivity index (χ2v) is 4.66. The van der Waals surface area contributed by atoms with E-state index in [0.717, 1.165) is 13.1 Å². The van der Waals surface area contributed by atoms with Crippen LogP contribution < -0.4 is 0 Å². The summed E-state index contributed by atoms with van der Waals surface area (Å²) in [7, 11) is 1.38. The van der Waals surface area contributed by atoms with E-state index in [1.54, 1.807) is 6.20 Å². The molecule has 0 saturated heterocycles. The van der Waals surface area contributed by atoms with Gasteiger partial charge in [-0.2, -0.15) is 0 Å². The van der Waals surface area contributed by atoms with E-state index in [1.165, 1.54) is 22.3 Å². The number of carbonyl (C=O) groups is 1. The highest BCUT2D eigenvalue weighted by atomic mass is 127. The molecule has 0 aliphatic carbocycles. The molecule has 0 aliphatic rings. The Kier molecular flexibility index (Phi) is 6.04. The van der Waals surface area contributed by atoms with Crippen LogP contribution in [0.1, 0.15) is 12.5 Å². The highest BCUT2D eigenvalue weighted by molar-refractivity contribution is 14.1. The van der Waals surface area contributed by atoms with Gasteiger partial charge in [0.2, 0.25) is 0 Å². The maximum absolute atomic E-state index is 11.0. The zero-order valence-corrected chi connectivity index (χ0v) is 12.2. The molecule has 0 atom stereocenters. The number of benzene rings is 1. The molecule has 0 unspecified atom stereocenters. The van der Waals surface area contributed by atoms with Crippen LogP contribution in [0.3, 0.4) is 0 Å². The minimum absolute atomic E-state index is 0.328. The normalized spacial score (nSPS) is 10.5. The van der Waals surface area contributed by atoms with Crippen LogP contribution in [0.15, 0.2) is 36.5 Å². The van der Waals surface area contributed by atoms with Gasteiger partial charge in [0.05, 0.1) is 7.11 Å². The zero-order chi connectivity index (χ0) is 12.7. The van der Waals surface area contributed by atoms with Gasteiger partial charge in [0.25, 0.3) is 0 Å². The largest absolute Gasteiger partial charge is 0.466 e. The Morgan fingerprint density at radius 1 is 1.47 bits per heavy atom. The second-order valence-electron chi connectivity index (χ2n) is 3.49. The SMILES string of the molecule is CCN(/C=C/C(=O)OC)Cc1ccccc1I. The van der Waals surface area contributed by atoms with Crippen molar-refractivity contribution in [2.75, 3.05) is 13.7 Å². The Morgan fingerprint density at radius 2 is 2.18 bits per heavy atom. The van der Waals surface area contributed by atoms with E-state index in [9.17, 15) is 4.79 Å². The van der Waals surface area contributed by atoms with Gasteiger partial charge < -0.3 is 9.64 Å². The number of halogens is 1. The summed E-state index contributed by atoms with van der Waals surface area (Å²) in [5.74, 6) is -0.328. The summed E-state index contributed by atoms with van der Waals surface area (Å²) in [6.45, 7) is 3.69. The molecule has 0 saturated carbocycles. The van der Waals surface area contributed by atoms with E-state index >= 15 is 0 Å². The Labute approximate surface area is 116 Å². The lowest BCUT2D eigenvalue weighted by molar-refractivity contribution is -0.134. The molecule has 0 N–H and O–H groups in total. The summed E-state index contributed by atoms with van der Waals surface area (Å²) in [5, 5.41) is 0. The lowest BCUT2D eigenvalue weighted by atomic mass is 10.2. The molecule has 17 heavy (non-hydrogen) atoms. The number of carbonyl (C=O) groups excluding carboxylic acids is 1. The Bertz CT molecular complexity index is 404. The summed E-state index contributed by atoms with van der Waals surface area (Å²) in [5.41, 5.74) is 1.25. The molecule has 3 nitrogen and oxygen atoms in total. The van der Waals surface area contributed by atoms with Gasteiger partial charge in [-0.15, -0.1) is 0 Å². The van der Waals surface area contributed by atoms with Crippen LogP contribution in [0, 0.1) is 3.57 Å². The first-order valence-electron chi connectivity index (χ1n) is 5.41. The topological polar surface area (TPSA) is 29.5 Å². The maximum Gasteiger partial charge on any atom is 0.331 e. The summed E-state index contributed by atoms with van der Waals surface area (Å²) in [4.78, 5) is 13.1. The quantitative estimate of drug-likeness (QED) is 0.467. The van der Waals surface area contributed by atoms with Crippen molar-refractivity contribution in [1.29, 1.82) is 0 Å². The van der Waals surface area contributed by atoms with E-state index in [-0.39, 0.29) is 5.97 Å². The number of ether oxygens (including phenoxy) is 1. The van der Waals surface area contributed by atoms with Gasteiger partial charge in [-0.25, -0.2) is 4.79 Å². The minimum atomic E-state index is -0.328. The van der Waals surface area contributed by atoms with Crippen LogP contribution in [-0.2, 0) is 16.1 Å². The van der Waals surface area contributed by atoms with Crippen molar-refractivity contribution in [2.45, 2.75) is 13.5 Å². The van der Waals surface area contributed by atoms with Gasteiger partial charge in [-0.1, -0.05) is 18.2 Å². The summed E-state index contributed by atoms with van der Waals surface area (Å²) >= 11 is 2.32. The van der Waals surface area contributed by atoms with Crippen molar-refractivity contribution in [1.82, 2.24) is 4.90 Å². The second kappa shape index (κ2) is 7.32. The first kappa shape index (κ1) is 14.0. The predicted molar refractivity (Wildman–Crippen MR) is 76.4 cm³/mol. The summed E-state index contributed by atoms with van der Waals surface area (Å²) < 4.78 is 5.80. The number of nitrogens with zero attached hydrogens (tertiary/aromatic N) is 1. The molecule has 0 bridgehead atoms. The van der Waals surface area contributed by atoms with E-state index in [0.29, 0.717) is 0 Å². The van der Waals surface area contributed by atoms with Crippen molar-refractivity contribution in [3.05, 3.63) is 45.7 Å². The molecule has 1 aromatic carbocycles. The van der Waals surface area contributed by atoms with Crippen LogP contribution in [0.25, 0.3) is 0 Å². The third kappa shape index (κ3) is 4.77. The van der Waals surface area contributed by atoms with E-state index in [1.807, 2.05) is 12.1 Å². The fourth-order valence-electron chi connectivity index (χ4n) is 1.35. The highest BCUT2D eigenvalue weighted by Crippen LogP contribution is 2.13. The van der Waals surface area contributed by atoms with E-state index in [2.05, 4.69) is 51.3 Å². The number of rotatable bonds is 5. The first-order chi connectivity index (χ1) is 8.17. The van der Waals surface area contributed by atoms with Crippen LogP contribution in [0.4, 0.5) is 0 Å². The summed E-state index contributed by atoms with van der Waals surface area (Å²) in [6, 6.07) is 8.21. The molecule has 1 rings (SSSR count). The molecule has 0 aliphatic heterocycles. The number of hydrogen-bond acceptors (Lipinski definition) is 3. The lowest BCUT2D eigenvalue weighted by Crippen LogP contribution is -2.17. The molecule has 0 heterocycles. The van der Waals surface area contributed by atoms with Gasteiger partial charge in [-0.3, -0.25) is 0 Å². The van der Waals surface area contributed by atoms with Crippen molar-refractivity contribution in [3.8, 4) is 0 Å². The monoisotopic (exact) mass is 345 g/mol.